The van der Waals surface area contributed by atoms with Crippen molar-refractivity contribution in [3.63, 3.8) is 0 Å². The summed E-state index contributed by atoms with van der Waals surface area (Å²) in [4.78, 5) is 13.7. The minimum atomic E-state index is -0.623. The predicted octanol–water partition coefficient (Wildman–Crippen LogP) is 3.62. The minimum Gasteiger partial charge on any atom is -0.337 e. The Bertz CT molecular complexity index is 724. The van der Waals surface area contributed by atoms with E-state index in [9.17, 15) is 9.18 Å². The first kappa shape index (κ1) is 15.0. The Labute approximate surface area is 127 Å². The van der Waals surface area contributed by atoms with Gasteiger partial charge in [-0.3, -0.25) is 4.79 Å². The summed E-state index contributed by atoms with van der Waals surface area (Å²) in [5.74, 6) is -0.935. The van der Waals surface area contributed by atoms with Gasteiger partial charge >= 0.3 is 0 Å². The quantitative estimate of drug-likeness (QED) is 0.869. The van der Waals surface area contributed by atoms with Crippen LogP contribution in [0.15, 0.2) is 42.5 Å². The van der Waals surface area contributed by atoms with E-state index in [0.717, 1.165) is 11.6 Å². The van der Waals surface area contributed by atoms with Crippen LogP contribution in [0.1, 0.15) is 21.5 Å². The number of halogens is 2. The van der Waals surface area contributed by atoms with Gasteiger partial charge in [-0.1, -0.05) is 23.7 Å². The molecule has 2 aromatic carbocycles. The number of rotatable bonds is 3. The van der Waals surface area contributed by atoms with Gasteiger partial charge in [0.15, 0.2) is 0 Å². The molecular weight excluding hydrogens is 291 g/mol. The van der Waals surface area contributed by atoms with E-state index in [2.05, 4.69) is 0 Å². The van der Waals surface area contributed by atoms with Gasteiger partial charge in [0.2, 0.25) is 0 Å². The van der Waals surface area contributed by atoms with E-state index < -0.39 is 5.82 Å². The Morgan fingerprint density at radius 1 is 1.33 bits per heavy atom. The Morgan fingerprint density at radius 3 is 2.76 bits per heavy atom. The summed E-state index contributed by atoms with van der Waals surface area (Å²) in [6.07, 6.45) is 0. The largest absolute Gasteiger partial charge is 0.337 e. The second-order valence-electron chi connectivity index (χ2n) is 4.60. The number of hydrogen-bond acceptors (Lipinski definition) is 2. The summed E-state index contributed by atoms with van der Waals surface area (Å²) >= 11 is 5.60. The molecule has 0 unspecified atom stereocenters. The molecule has 0 aliphatic heterocycles. The SMILES string of the molecule is CN(Cc1cccc(C#N)c1)C(=O)c1ccc(Cl)c(F)c1. The number of nitriles is 1. The zero-order valence-electron chi connectivity index (χ0n) is 11.3. The van der Waals surface area contributed by atoms with Gasteiger partial charge in [-0.25, -0.2) is 4.39 Å². The molecule has 5 heteroatoms. The van der Waals surface area contributed by atoms with E-state index in [1.807, 2.05) is 12.1 Å². The van der Waals surface area contributed by atoms with Crippen LogP contribution >= 0.6 is 11.6 Å². The molecule has 0 aliphatic rings. The monoisotopic (exact) mass is 302 g/mol. The van der Waals surface area contributed by atoms with Crippen molar-refractivity contribution in [2.24, 2.45) is 0 Å². The number of hydrogen-bond donors (Lipinski definition) is 0. The maximum absolute atomic E-state index is 13.4. The molecule has 0 atom stereocenters. The topological polar surface area (TPSA) is 44.1 Å². The van der Waals surface area contributed by atoms with Crippen LogP contribution in [-0.2, 0) is 6.54 Å². The maximum atomic E-state index is 13.4. The lowest BCUT2D eigenvalue weighted by atomic mass is 10.1. The molecule has 0 aromatic heterocycles. The van der Waals surface area contributed by atoms with Crippen molar-refractivity contribution in [3.8, 4) is 6.07 Å². The summed E-state index contributed by atoms with van der Waals surface area (Å²) in [6.45, 7) is 0.332. The molecule has 0 heterocycles. The van der Waals surface area contributed by atoms with Crippen LogP contribution in [0.5, 0.6) is 0 Å². The molecule has 0 saturated carbocycles. The summed E-state index contributed by atoms with van der Waals surface area (Å²) < 4.78 is 13.4. The van der Waals surface area contributed by atoms with Crippen molar-refractivity contribution in [1.82, 2.24) is 4.90 Å². The van der Waals surface area contributed by atoms with Crippen LogP contribution in [0, 0.1) is 17.1 Å². The molecule has 21 heavy (non-hydrogen) atoms. The first-order valence-corrected chi connectivity index (χ1v) is 6.58. The summed E-state index contributed by atoms with van der Waals surface area (Å²) in [5.41, 5.74) is 1.60. The van der Waals surface area contributed by atoms with Crippen molar-refractivity contribution in [3.05, 3.63) is 70.0 Å². The summed E-state index contributed by atoms with van der Waals surface area (Å²) in [7, 11) is 1.62. The fourth-order valence-corrected chi connectivity index (χ4v) is 2.05. The fraction of sp³-hybridized carbons (Fsp3) is 0.125. The summed E-state index contributed by atoms with van der Waals surface area (Å²) in [5, 5.41) is 8.84. The standard InChI is InChI=1S/C16H12ClFN2O/c1-20(10-12-4-2-3-11(7-12)9-19)16(21)13-5-6-14(17)15(18)8-13/h2-8H,10H2,1H3. The molecule has 0 N–H and O–H groups in total. The number of benzene rings is 2. The third-order valence-corrected chi connectivity index (χ3v) is 3.30. The van der Waals surface area contributed by atoms with Crippen LogP contribution in [0.4, 0.5) is 4.39 Å². The van der Waals surface area contributed by atoms with Gasteiger partial charge in [0.25, 0.3) is 5.91 Å². The molecule has 106 valence electrons. The zero-order valence-corrected chi connectivity index (χ0v) is 12.1. The third-order valence-electron chi connectivity index (χ3n) is 2.99. The smallest absolute Gasteiger partial charge is 0.254 e. The highest BCUT2D eigenvalue weighted by molar-refractivity contribution is 6.30. The number of amides is 1. The number of carbonyl (C=O) groups is 1. The molecule has 2 aromatic rings. The van der Waals surface area contributed by atoms with Gasteiger partial charge in [0, 0.05) is 19.2 Å². The lowest BCUT2D eigenvalue weighted by Gasteiger charge is -2.17. The van der Waals surface area contributed by atoms with E-state index >= 15 is 0 Å². The summed E-state index contributed by atoms with van der Waals surface area (Å²) in [6, 6.07) is 13.0. The van der Waals surface area contributed by atoms with E-state index in [0.29, 0.717) is 12.1 Å². The molecular formula is C16H12ClFN2O. The average Bonchev–Trinajstić information content (AvgIpc) is 2.49. The van der Waals surface area contributed by atoms with Gasteiger partial charge in [-0.05, 0) is 35.9 Å². The van der Waals surface area contributed by atoms with Crippen molar-refractivity contribution in [2.75, 3.05) is 7.05 Å². The van der Waals surface area contributed by atoms with E-state index in [4.69, 9.17) is 16.9 Å². The van der Waals surface area contributed by atoms with Crippen LogP contribution in [-0.4, -0.2) is 17.9 Å². The van der Waals surface area contributed by atoms with Crippen LogP contribution < -0.4 is 0 Å². The number of nitrogens with zero attached hydrogens (tertiary/aromatic N) is 2. The molecule has 3 nitrogen and oxygen atoms in total. The molecule has 0 aliphatic carbocycles. The van der Waals surface area contributed by atoms with Crippen molar-refractivity contribution in [2.45, 2.75) is 6.54 Å². The zero-order chi connectivity index (χ0) is 15.4. The Kier molecular flexibility index (Phi) is 4.56. The van der Waals surface area contributed by atoms with Crippen molar-refractivity contribution >= 4 is 17.5 Å². The number of carbonyl (C=O) groups excluding carboxylic acids is 1. The average molecular weight is 303 g/mol. The predicted molar refractivity (Wildman–Crippen MR) is 78.4 cm³/mol. The van der Waals surface area contributed by atoms with Crippen molar-refractivity contribution < 1.29 is 9.18 Å². The highest BCUT2D eigenvalue weighted by Crippen LogP contribution is 2.17. The van der Waals surface area contributed by atoms with Crippen LogP contribution in [0.3, 0.4) is 0 Å². The molecule has 0 fully saturated rings. The Morgan fingerprint density at radius 2 is 2.10 bits per heavy atom. The molecule has 0 bridgehead atoms. The first-order valence-electron chi connectivity index (χ1n) is 6.21. The third kappa shape index (κ3) is 3.59. The normalized spacial score (nSPS) is 10.0. The highest BCUT2D eigenvalue weighted by atomic mass is 35.5. The second-order valence-corrected chi connectivity index (χ2v) is 5.01. The van der Waals surface area contributed by atoms with Gasteiger partial charge < -0.3 is 4.90 Å². The van der Waals surface area contributed by atoms with Crippen molar-refractivity contribution in [1.29, 1.82) is 5.26 Å². The first-order chi connectivity index (χ1) is 10.0. The lowest BCUT2D eigenvalue weighted by Crippen LogP contribution is -2.26. The Balaban J connectivity index is 2.15. The minimum absolute atomic E-state index is 0.0177. The van der Waals surface area contributed by atoms with Gasteiger partial charge in [0.05, 0.1) is 16.7 Å². The molecule has 2 rings (SSSR count). The van der Waals surface area contributed by atoms with Crippen LogP contribution in [0.2, 0.25) is 5.02 Å². The molecule has 0 spiro atoms. The second kappa shape index (κ2) is 6.38. The van der Waals surface area contributed by atoms with E-state index in [1.54, 1.807) is 25.2 Å². The van der Waals surface area contributed by atoms with E-state index in [-0.39, 0.29) is 16.5 Å². The van der Waals surface area contributed by atoms with E-state index in [1.165, 1.54) is 17.0 Å². The molecule has 0 radical (unpaired) electrons. The maximum Gasteiger partial charge on any atom is 0.254 e. The fourth-order valence-electron chi connectivity index (χ4n) is 1.93. The van der Waals surface area contributed by atoms with Gasteiger partial charge in [0.1, 0.15) is 5.82 Å². The van der Waals surface area contributed by atoms with Gasteiger partial charge in [-0.15, -0.1) is 0 Å². The van der Waals surface area contributed by atoms with Gasteiger partial charge in [-0.2, -0.15) is 5.26 Å². The van der Waals surface area contributed by atoms with Crippen LogP contribution in [0.25, 0.3) is 0 Å². The molecule has 0 saturated heterocycles. The highest BCUT2D eigenvalue weighted by Gasteiger charge is 2.14. The molecule has 1 amide bonds. The lowest BCUT2D eigenvalue weighted by molar-refractivity contribution is 0.0784. The Hall–Kier alpha value is -2.38.